The van der Waals surface area contributed by atoms with Gasteiger partial charge >= 0.3 is 0 Å². The molecule has 0 spiro atoms. The van der Waals surface area contributed by atoms with E-state index in [1.807, 2.05) is 12.1 Å². The molecule has 0 atom stereocenters. The zero-order chi connectivity index (χ0) is 20.8. The summed E-state index contributed by atoms with van der Waals surface area (Å²) in [7, 11) is -2.33. The van der Waals surface area contributed by atoms with Crippen molar-refractivity contribution in [2.75, 3.05) is 36.0 Å². The molecule has 0 saturated carbocycles. The molecular weight excluding hydrogens is 400 g/mol. The summed E-state index contributed by atoms with van der Waals surface area (Å²) in [5, 5.41) is 1.82. The van der Waals surface area contributed by atoms with Crippen LogP contribution in [0.4, 0.5) is 28.9 Å². The van der Waals surface area contributed by atoms with E-state index in [4.69, 9.17) is 0 Å². The van der Waals surface area contributed by atoms with Crippen LogP contribution < -0.4 is 20.2 Å². The average molecular weight is 420 g/mol. The molecule has 0 radical (unpaired) electrons. The molecule has 3 nitrogen and oxygen atoms in total. The van der Waals surface area contributed by atoms with Crippen molar-refractivity contribution in [2.24, 2.45) is 0 Å². The van der Waals surface area contributed by atoms with E-state index in [1.165, 1.54) is 0 Å². The highest BCUT2D eigenvalue weighted by Gasteiger charge is 2.46. The van der Waals surface area contributed by atoms with E-state index in [0.29, 0.717) is 22.5 Å². The zero-order valence-electron chi connectivity index (χ0n) is 16.1. The van der Waals surface area contributed by atoms with Crippen molar-refractivity contribution in [1.82, 2.24) is 0 Å². The van der Waals surface area contributed by atoms with Crippen LogP contribution in [-0.4, -0.2) is 51.9 Å². The first-order valence-corrected chi connectivity index (χ1v) is 12.6. The minimum Gasteiger partial charge on any atom is -0.359 e. The summed E-state index contributed by atoms with van der Waals surface area (Å²) in [5.41, 5.74) is 2.64. The topological polar surface area (TPSA) is 23.6 Å². The van der Waals surface area contributed by atoms with Crippen LogP contribution in [-0.2, 0) is 0 Å². The first-order chi connectivity index (χ1) is 13.5. The smallest absolute Gasteiger partial charge is 0.282 e. The number of nitrogens with zero attached hydrogens (tertiary/aromatic N) is 2. The maximum atomic E-state index is 13.3. The minimum atomic E-state index is -2.67. The first kappa shape index (κ1) is 18.7. The molecule has 5 rings (SSSR count). The lowest BCUT2D eigenvalue weighted by molar-refractivity contribution is -0.0268. The van der Waals surface area contributed by atoms with Gasteiger partial charge in [-0.25, -0.2) is 17.6 Å². The van der Waals surface area contributed by atoms with Gasteiger partial charge in [-0.3, -0.25) is 4.79 Å². The fraction of sp³-hybridized carbons (Fsp3) is 0.381. The van der Waals surface area contributed by atoms with Crippen LogP contribution in [0.15, 0.2) is 36.4 Å². The van der Waals surface area contributed by atoms with Gasteiger partial charge in [-0.1, -0.05) is 13.1 Å². The zero-order valence-corrected chi connectivity index (χ0v) is 17.1. The predicted molar refractivity (Wildman–Crippen MR) is 107 cm³/mol. The highest BCUT2D eigenvalue weighted by molar-refractivity contribution is 7.02. The Morgan fingerprint density at radius 1 is 0.759 bits per heavy atom. The molecule has 2 aromatic rings. The Morgan fingerprint density at radius 3 is 1.48 bits per heavy atom. The summed E-state index contributed by atoms with van der Waals surface area (Å²) in [5.74, 6) is -5.43. The molecular formula is C21H20F4N2OSi. The Morgan fingerprint density at radius 2 is 1.14 bits per heavy atom. The number of anilines is 2. The number of hydrogen-bond acceptors (Lipinski definition) is 3. The van der Waals surface area contributed by atoms with Crippen LogP contribution in [0.2, 0.25) is 13.1 Å². The number of carbonyl (C=O) groups is 1. The number of benzene rings is 2. The van der Waals surface area contributed by atoms with E-state index >= 15 is 0 Å². The molecule has 0 bridgehead atoms. The summed E-state index contributed by atoms with van der Waals surface area (Å²) in [6.07, 6.45) is 0. The largest absolute Gasteiger partial charge is 0.359 e. The van der Waals surface area contributed by atoms with Gasteiger partial charge in [-0.2, -0.15) is 0 Å². The molecule has 0 aromatic heterocycles. The molecule has 2 aromatic carbocycles. The maximum absolute atomic E-state index is 13.3. The molecule has 3 aliphatic heterocycles. The number of hydrogen-bond donors (Lipinski definition) is 0. The van der Waals surface area contributed by atoms with E-state index in [-0.39, 0.29) is 32.0 Å². The van der Waals surface area contributed by atoms with Gasteiger partial charge in [0.05, 0.1) is 26.2 Å². The van der Waals surface area contributed by atoms with E-state index in [0.717, 1.165) is 10.4 Å². The van der Waals surface area contributed by atoms with Crippen LogP contribution >= 0.6 is 0 Å². The first-order valence-electron chi connectivity index (χ1n) is 9.56. The molecule has 29 heavy (non-hydrogen) atoms. The lowest BCUT2D eigenvalue weighted by atomic mass is 9.99. The van der Waals surface area contributed by atoms with Crippen LogP contribution in [0.1, 0.15) is 15.9 Å². The van der Waals surface area contributed by atoms with Crippen LogP contribution in [0.25, 0.3) is 0 Å². The van der Waals surface area contributed by atoms with Gasteiger partial charge in [0, 0.05) is 22.5 Å². The van der Waals surface area contributed by atoms with E-state index < -0.39 is 19.9 Å². The molecule has 0 amide bonds. The number of halogens is 4. The Kier molecular flexibility index (Phi) is 3.62. The van der Waals surface area contributed by atoms with E-state index in [9.17, 15) is 22.4 Å². The van der Waals surface area contributed by atoms with Crippen molar-refractivity contribution in [2.45, 2.75) is 24.9 Å². The second-order valence-electron chi connectivity index (χ2n) is 8.84. The fourth-order valence-electron chi connectivity index (χ4n) is 4.57. The van der Waals surface area contributed by atoms with Gasteiger partial charge < -0.3 is 9.80 Å². The highest BCUT2D eigenvalue weighted by Crippen LogP contribution is 2.35. The summed E-state index contributed by atoms with van der Waals surface area (Å²) >= 11 is 0. The monoisotopic (exact) mass is 420 g/mol. The summed E-state index contributed by atoms with van der Waals surface area (Å²) in [6.45, 7) is 2.97. The Hall–Kier alpha value is -2.35. The SMILES string of the molecule is C[Si]1(C)c2cc(N3CC(F)(F)C3)ccc2C(=O)c2ccc(N3CC(F)(F)C3)cc21. The van der Waals surface area contributed by atoms with Crippen molar-refractivity contribution in [3.8, 4) is 0 Å². The van der Waals surface area contributed by atoms with Crippen LogP contribution in [0.5, 0.6) is 0 Å². The van der Waals surface area contributed by atoms with Crippen molar-refractivity contribution in [3.05, 3.63) is 47.5 Å². The lowest BCUT2D eigenvalue weighted by Gasteiger charge is -2.42. The summed E-state index contributed by atoms with van der Waals surface area (Å²) in [4.78, 5) is 16.3. The summed E-state index contributed by atoms with van der Waals surface area (Å²) < 4.78 is 53.2. The number of rotatable bonds is 2. The number of ketones is 1. The number of alkyl halides is 4. The molecule has 2 saturated heterocycles. The van der Waals surface area contributed by atoms with Crippen molar-refractivity contribution < 1.29 is 22.4 Å². The van der Waals surface area contributed by atoms with Crippen LogP contribution in [0, 0.1) is 0 Å². The lowest BCUT2D eigenvalue weighted by Crippen LogP contribution is -2.61. The van der Waals surface area contributed by atoms with Crippen molar-refractivity contribution in [3.63, 3.8) is 0 Å². The standard InChI is InChI=1S/C21H20F4N2OSi/c1-29(2)17-7-13(26-9-20(22,23)10-26)3-5-15(17)19(28)16-6-4-14(8-18(16)29)27-11-21(24,25)12-27/h3-8H,9-12H2,1-2H3. The van der Waals surface area contributed by atoms with Gasteiger partial charge in [-0.05, 0) is 46.8 Å². The third kappa shape index (κ3) is 2.79. The second kappa shape index (κ2) is 5.62. The third-order valence-electron chi connectivity index (χ3n) is 6.26. The van der Waals surface area contributed by atoms with Gasteiger partial charge in [-0.15, -0.1) is 0 Å². The highest BCUT2D eigenvalue weighted by atomic mass is 28.3. The normalized spacial score (nSPS) is 23.0. The maximum Gasteiger partial charge on any atom is 0.282 e. The molecule has 0 unspecified atom stereocenters. The number of carbonyl (C=O) groups excluding carboxylic acids is 1. The number of fused-ring (bicyclic) bond motifs is 2. The quantitative estimate of drug-likeness (QED) is 0.551. The van der Waals surface area contributed by atoms with Crippen molar-refractivity contribution in [1.29, 1.82) is 0 Å². The van der Waals surface area contributed by atoms with Crippen molar-refractivity contribution >= 4 is 35.6 Å². The Balaban J connectivity index is 1.54. The molecule has 3 heterocycles. The summed E-state index contributed by atoms with van der Waals surface area (Å²) in [6, 6.07) is 10.7. The minimum absolute atomic E-state index is 0.0946. The molecule has 8 heteroatoms. The third-order valence-corrected chi connectivity index (χ3v) is 9.78. The Bertz CT molecular complexity index is 957. The molecule has 2 fully saturated rings. The van der Waals surface area contributed by atoms with E-state index in [2.05, 4.69) is 13.1 Å². The fourth-order valence-corrected chi connectivity index (χ4v) is 7.62. The molecule has 0 N–H and O–H groups in total. The van der Waals surface area contributed by atoms with Gasteiger partial charge in [0.25, 0.3) is 11.8 Å². The molecule has 3 aliphatic rings. The average Bonchev–Trinajstić information content (AvgIpc) is 2.61. The van der Waals surface area contributed by atoms with Gasteiger partial charge in [0.2, 0.25) is 0 Å². The second-order valence-corrected chi connectivity index (χ2v) is 13.2. The predicted octanol–water partition coefficient (Wildman–Crippen LogP) is 2.96. The van der Waals surface area contributed by atoms with Gasteiger partial charge in [0.15, 0.2) is 5.78 Å². The molecule has 0 aliphatic carbocycles. The molecule has 152 valence electrons. The Labute approximate surface area is 166 Å². The van der Waals surface area contributed by atoms with E-state index in [1.54, 1.807) is 34.1 Å². The van der Waals surface area contributed by atoms with Crippen LogP contribution in [0.3, 0.4) is 0 Å². The van der Waals surface area contributed by atoms with Gasteiger partial charge in [0.1, 0.15) is 8.07 Å².